The molecule has 0 atom stereocenters. The number of halogens is 1. The lowest BCUT2D eigenvalue weighted by Crippen LogP contribution is -2.25. The molecule has 0 unspecified atom stereocenters. The number of amides is 1. The first-order valence-corrected chi connectivity index (χ1v) is 7.28. The number of nitrogens with zero attached hydrogens (tertiary/aromatic N) is 2. The quantitative estimate of drug-likeness (QED) is 0.675. The Balaban J connectivity index is 2.23. The molecule has 126 valence electrons. The van der Waals surface area contributed by atoms with Crippen LogP contribution in [0.25, 0.3) is 0 Å². The van der Waals surface area contributed by atoms with Gasteiger partial charge in [-0.1, -0.05) is 12.1 Å². The fourth-order valence-corrected chi connectivity index (χ4v) is 2.23. The second-order valence-electron chi connectivity index (χ2n) is 5.62. The zero-order valence-corrected chi connectivity index (χ0v) is 13.7. The Labute approximate surface area is 139 Å². The molecule has 6 nitrogen and oxygen atoms in total. The number of hydrogen-bond acceptors (Lipinski definition) is 4. The van der Waals surface area contributed by atoms with Crippen molar-refractivity contribution in [2.75, 3.05) is 19.0 Å². The molecular weight excluding hydrogens is 313 g/mol. The molecule has 0 bridgehead atoms. The van der Waals surface area contributed by atoms with Gasteiger partial charge in [-0.15, -0.1) is 0 Å². The second kappa shape index (κ2) is 7.08. The average molecular weight is 331 g/mol. The predicted octanol–water partition coefficient (Wildman–Crippen LogP) is 3.04. The minimum Gasteiger partial charge on any atom is -0.377 e. The number of non-ortho nitro benzene ring substituents is 1. The van der Waals surface area contributed by atoms with E-state index in [0.29, 0.717) is 16.8 Å². The first-order chi connectivity index (χ1) is 11.3. The number of hydrogen-bond donors (Lipinski definition) is 1. The second-order valence-corrected chi connectivity index (χ2v) is 5.62. The Hall–Kier alpha value is -2.96. The number of carbonyl (C=O) groups is 1. The molecule has 0 saturated heterocycles. The SMILES string of the molecule is Cc1ccc(CNC(=O)c2cc([N+](=O)[O-])ccc2N(C)C)cc1F. The van der Waals surface area contributed by atoms with Crippen molar-refractivity contribution in [3.8, 4) is 0 Å². The van der Waals surface area contributed by atoms with Crippen molar-refractivity contribution in [1.82, 2.24) is 5.32 Å². The molecule has 2 aromatic carbocycles. The lowest BCUT2D eigenvalue weighted by molar-refractivity contribution is -0.384. The number of aryl methyl sites for hydroxylation is 1. The molecule has 0 aromatic heterocycles. The van der Waals surface area contributed by atoms with Crippen LogP contribution in [0.2, 0.25) is 0 Å². The van der Waals surface area contributed by atoms with Gasteiger partial charge in [-0.3, -0.25) is 14.9 Å². The van der Waals surface area contributed by atoms with E-state index in [1.54, 1.807) is 38.1 Å². The summed E-state index contributed by atoms with van der Waals surface area (Å²) in [4.78, 5) is 24.5. The summed E-state index contributed by atoms with van der Waals surface area (Å²) in [6.07, 6.45) is 0. The van der Waals surface area contributed by atoms with E-state index in [2.05, 4.69) is 5.32 Å². The topological polar surface area (TPSA) is 75.5 Å². The van der Waals surface area contributed by atoms with Gasteiger partial charge in [-0.05, 0) is 30.2 Å². The highest BCUT2D eigenvalue weighted by Crippen LogP contribution is 2.24. The van der Waals surface area contributed by atoms with Crippen molar-refractivity contribution in [3.05, 3.63) is 69.0 Å². The summed E-state index contributed by atoms with van der Waals surface area (Å²) in [5.74, 6) is -0.797. The van der Waals surface area contributed by atoms with E-state index in [4.69, 9.17) is 0 Å². The van der Waals surface area contributed by atoms with Gasteiger partial charge < -0.3 is 10.2 Å². The fourth-order valence-electron chi connectivity index (χ4n) is 2.23. The fraction of sp³-hybridized carbons (Fsp3) is 0.235. The van der Waals surface area contributed by atoms with Crippen LogP contribution in [0.4, 0.5) is 15.8 Å². The lowest BCUT2D eigenvalue weighted by Gasteiger charge is -2.17. The molecule has 1 amide bonds. The highest BCUT2D eigenvalue weighted by atomic mass is 19.1. The molecule has 0 aliphatic heterocycles. The number of nitro groups is 1. The van der Waals surface area contributed by atoms with Crippen molar-refractivity contribution in [1.29, 1.82) is 0 Å². The molecule has 7 heteroatoms. The molecule has 0 fully saturated rings. The van der Waals surface area contributed by atoms with E-state index in [0.717, 1.165) is 0 Å². The number of nitrogens with one attached hydrogen (secondary N) is 1. The maximum atomic E-state index is 13.5. The van der Waals surface area contributed by atoms with Crippen molar-refractivity contribution < 1.29 is 14.1 Å². The van der Waals surface area contributed by atoms with Crippen LogP contribution in [-0.4, -0.2) is 24.9 Å². The number of rotatable bonds is 5. The van der Waals surface area contributed by atoms with Crippen LogP contribution in [0.5, 0.6) is 0 Å². The summed E-state index contributed by atoms with van der Waals surface area (Å²) in [5.41, 5.74) is 1.74. The van der Waals surface area contributed by atoms with Crippen molar-refractivity contribution >= 4 is 17.3 Å². The largest absolute Gasteiger partial charge is 0.377 e. The third kappa shape index (κ3) is 3.87. The predicted molar refractivity (Wildman–Crippen MR) is 89.7 cm³/mol. The van der Waals surface area contributed by atoms with Crippen LogP contribution < -0.4 is 10.2 Å². The molecule has 0 radical (unpaired) electrons. The smallest absolute Gasteiger partial charge is 0.270 e. The summed E-state index contributed by atoms with van der Waals surface area (Å²) >= 11 is 0. The minimum atomic E-state index is -0.550. The van der Waals surface area contributed by atoms with Gasteiger partial charge in [0, 0.05) is 38.5 Å². The third-order valence-corrected chi connectivity index (χ3v) is 3.61. The summed E-state index contributed by atoms with van der Waals surface area (Å²) in [7, 11) is 3.49. The van der Waals surface area contributed by atoms with Gasteiger partial charge in [0.05, 0.1) is 10.5 Å². The highest BCUT2D eigenvalue weighted by Gasteiger charge is 2.17. The molecule has 0 heterocycles. The number of anilines is 1. The zero-order valence-electron chi connectivity index (χ0n) is 13.7. The Morgan fingerprint density at radius 1 is 1.25 bits per heavy atom. The van der Waals surface area contributed by atoms with E-state index < -0.39 is 10.8 Å². The van der Waals surface area contributed by atoms with Gasteiger partial charge in [0.1, 0.15) is 5.82 Å². The maximum absolute atomic E-state index is 13.5. The summed E-state index contributed by atoms with van der Waals surface area (Å²) in [5, 5.41) is 13.6. The van der Waals surface area contributed by atoms with Crippen LogP contribution in [0.1, 0.15) is 21.5 Å². The van der Waals surface area contributed by atoms with Gasteiger partial charge in [-0.25, -0.2) is 4.39 Å². The van der Waals surface area contributed by atoms with Crippen LogP contribution >= 0.6 is 0 Å². The van der Waals surface area contributed by atoms with E-state index in [1.807, 2.05) is 0 Å². The number of nitro benzene ring substituents is 1. The normalized spacial score (nSPS) is 10.3. The van der Waals surface area contributed by atoms with Crippen LogP contribution in [0.15, 0.2) is 36.4 Å². The van der Waals surface area contributed by atoms with Crippen molar-refractivity contribution in [2.24, 2.45) is 0 Å². The zero-order chi connectivity index (χ0) is 17.9. The van der Waals surface area contributed by atoms with Gasteiger partial charge >= 0.3 is 0 Å². The molecule has 1 N–H and O–H groups in total. The lowest BCUT2D eigenvalue weighted by atomic mass is 10.1. The third-order valence-electron chi connectivity index (χ3n) is 3.61. The Bertz CT molecular complexity index is 791. The molecule has 24 heavy (non-hydrogen) atoms. The van der Waals surface area contributed by atoms with Gasteiger partial charge in [0.15, 0.2) is 0 Å². The Morgan fingerprint density at radius 3 is 2.54 bits per heavy atom. The summed E-state index contributed by atoms with van der Waals surface area (Å²) in [6.45, 7) is 1.79. The van der Waals surface area contributed by atoms with Gasteiger partial charge in [-0.2, -0.15) is 0 Å². The van der Waals surface area contributed by atoms with E-state index in [-0.39, 0.29) is 23.6 Å². The summed E-state index contributed by atoms with van der Waals surface area (Å²) in [6, 6.07) is 8.82. The molecule has 0 aliphatic rings. The van der Waals surface area contributed by atoms with E-state index in [1.165, 1.54) is 24.3 Å². The highest BCUT2D eigenvalue weighted by molar-refractivity contribution is 6.00. The molecule has 0 saturated carbocycles. The molecular formula is C17H18FN3O3. The van der Waals surface area contributed by atoms with Gasteiger partial charge in [0.25, 0.3) is 11.6 Å². The van der Waals surface area contributed by atoms with Crippen molar-refractivity contribution in [3.63, 3.8) is 0 Å². The van der Waals surface area contributed by atoms with Crippen LogP contribution in [0.3, 0.4) is 0 Å². The first kappa shape index (κ1) is 17.4. The molecule has 2 rings (SSSR count). The average Bonchev–Trinajstić information content (AvgIpc) is 2.54. The van der Waals surface area contributed by atoms with Crippen molar-refractivity contribution in [2.45, 2.75) is 13.5 Å². The standard InChI is InChI=1S/C17H18FN3O3/c1-11-4-5-12(8-15(11)18)10-19-17(22)14-9-13(21(23)24)6-7-16(14)20(2)3/h4-9H,10H2,1-3H3,(H,19,22). The Morgan fingerprint density at radius 2 is 1.96 bits per heavy atom. The molecule has 0 aliphatic carbocycles. The van der Waals surface area contributed by atoms with Crippen LogP contribution in [0, 0.1) is 22.9 Å². The summed E-state index contributed by atoms with van der Waals surface area (Å²) < 4.78 is 13.5. The Kier molecular flexibility index (Phi) is 5.13. The maximum Gasteiger partial charge on any atom is 0.270 e. The monoisotopic (exact) mass is 331 g/mol. The van der Waals surface area contributed by atoms with Crippen LogP contribution in [-0.2, 0) is 6.54 Å². The molecule has 2 aromatic rings. The molecule has 0 spiro atoms. The minimum absolute atomic E-state index is 0.131. The van der Waals surface area contributed by atoms with E-state index >= 15 is 0 Å². The number of carbonyl (C=O) groups excluding carboxylic acids is 1. The number of benzene rings is 2. The van der Waals surface area contributed by atoms with E-state index in [9.17, 15) is 19.3 Å². The first-order valence-electron chi connectivity index (χ1n) is 7.28. The van der Waals surface area contributed by atoms with Gasteiger partial charge in [0.2, 0.25) is 0 Å².